The summed E-state index contributed by atoms with van der Waals surface area (Å²) in [6, 6.07) is 10.5. The van der Waals surface area contributed by atoms with Gasteiger partial charge in [0, 0.05) is 24.7 Å². The first-order valence-electron chi connectivity index (χ1n) is 5.13. The number of hydrogen-bond donors (Lipinski definition) is 0. The number of benzene rings is 1. The standard InChI is InChI=1S/C12H18ClN/c1-3-14(10-11(2)9-13)12-7-5-4-6-8-12/h4-8,11H,3,9-10H2,1-2H3. The second-order valence-electron chi connectivity index (χ2n) is 3.63. The summed E-state index contributed by atoms with van der Waals surface area (Å²) in [5, 5.41) is 0. The maximum atomic E-state index is 5.81. The van der Waals surface area contributed by atoms with E-state index in [2.05, 4.69) is 43.0 Å². The molecule has 0 aromatic heterocycles. The van der Waals surface area contributed by atoms with Crippen molar-refractivity contribution in [3.05, 3.63) is 30.3 Å². The van der Waals surface area contributed by atoms with Crippen LogP contribution in [0.25, 0.3) is 0 Å². The van der Waals surface area contributed by atoms with Gasteiger partial charge < -0.3 is 4.90 Å². The molecule has 0 amide bonds. The van der Waals surface area contributed by atoms with Crippen LogP contribution in [0.3, 0.4) is 0 Å². The summed E-state index contributed by atoms with van der Waals surface area (Å²) < 4.78 is 0. The molecule has 2 heteroatoms. The number of alkyl halides is 1. The van der Waals surface area contributed by atoms with Gasteiger partial charge in [-0.25, -0.2) is 0 Å². The van der Waals surface area contributed by atoms with Gasteiger partial charge in [0.15, 0.2) is 0 Å². The van der Waals surface area contributed by atoms with Crippen molar-refractivity contribution in [2.75, 3.05) is 23.9 Å². The van der Waals surface area contributed by atoms with Gasteiger partial charge >= 0.3 is 0 Å². The zero-order chi connectivity index (χ0) is 10.4. The van der Waals surface area contributed by atoms with Crippen LogP contribution in [0, 0.1) is 5.92 Å². The summed E-state index contributed by atoms with van der Waals surface area (Å²) in [6.07, 6.45) is 0. The van der Waals surface area contributed by atoms with Crippen LogP contribution in [0.4, 0.5) is 5.69 Å². The minimum absolute atomic E-state index is 0.539. The minimum Gasteiger partial charge on any atom is -0.372 e. The van der Waals surface area contributed by atoms with Gasteiger partial charge in [0.1, 0.15) is 0 Å². The molecule has 0 saturated carbocycles. The lowest BCUT2D eigenvalue weighted by atomic mass is 10.2. The smallest absolute Gasteiger partial charge is 0.0366 e. The van der Waals surface area contributed by atoms with Crippen molar-refractivity contribution in [2.24, 2.45) is 5.92 Å². The van der Waals surface area contributed by atoms with E-state index in [1.165, 1.54) is 5.69 Å². The zero-order valence-corrected chi connectivity index (χ0v) is 9.67. The molecular weight excluding hydrogens is 194 g/mol. The van der Waals surface area contributed by atoms with Crippen molar-refractivity contribution >= 4 is 17.3 Å². The first-order chi connectivity index (χ1) is 6.77. The minimum atomic E-state index is 0.539. The normalized spacial score (nSPS) is 12.5. The van der Waals surface area contributed by atoms with Crippen LogP contribution < -0.4 is 4.90 Å². The van der Waals surface area contributed by atoms with E-state index in [0.717, 1.165) is 19.0 Å². The molecule has 0 saturated heterocycles. The van der Waals surface area contributed by atoms with Crippen LogP contribution in [0.5, 0.6) is 0 Å². The van der Waals surface area contributed by atoms with Gasteiger partial charge in [0.2, 0.25) is 0 Å². The lowest BCUT2D eigenvalue weighted by molar-refractivity contribution is 0.624. The fourth-order valence-electron chi connectivity index (χ4n) is 1.48. The van der Waals surface area contributed by atoms with Gasteiger partial charge in [-0.15, -0.1) is 11.6 Å². The highest BCUT2D eigenvalue weighted by atomic mass is 35.5. The van der Waals surface area contributed by atoms with Gasteiger partial charge in [-0.3, -0.25) is 0 Å². The van der Waals surface area contributed by atoms with Gasteiger partial charge in [0.05, 0.1) is 0 Å². The number of anilines is 1. The maximum absolute atomic E-state index is 5.81. The predicted molar refractivity (Wildman–Crippen MR) is 64.2 cm³/mol. The average Bonchev–Trinajstić information content (AvgIpc) is 2.26. The molecule has 1 nitrogen and oxygen atoms in total. The van der Waals surface area contributed by atoms with Crippen molar-refractivity contribution in [3.8, 4) is 0 Å². The fourth-order valence-corrected chi connectivity index (χ4v) is 1.58. The van der Waals surface area contributed by atoms with E-state index in [0.29, 0.717) is 5.92 Å². The Morgan fingerprint density at radius 2 is 1.93 bits per heavy atom. The maximum Gasteiger partial charge on any atom is 0.0366 e. The molecule has 0 bridgehead atoms. The Morgan fingerprint density at radius 3 is 2.43 bits per heavy atom. The molecule has 0 aliphatic rings. The van der Waals surface area contributed by atoms with E-state index in [1.807, 2.05) is 6.07 Å². The number of para-hydroxylation sites is 1. The molecule has 0 N–H and O–H groups in total. The topological polar surface area (TPSA) is 3.24 Å². The Morgan fingerprint density at radius 1 is 1.29 bits per heavy atom. The van der Waals surface area contributed by atoms with Gasteiger partial charge in [-0.1, -0.05) is 25.1 Å². The van der Waals surface area contributed by atoms with Gasteiger partial charge in [-0.05, 0) is 25.0 Å². The van der Waals surface area contributed by atoms with E-state index in [-0.39, 0.29) is 0 Å². The molecule has 1 atom stereocenters. The molecule has 14 heavy (non-hydrogen) atoms. The summed E-state index contributed by atoms with van der Waals surface area (Å²) in [5.74, 6) is 1.26. The monoisotopic (exact) mass is 211 g/mol. The average molecular weight is 212 g/mol. The van der Waals surface area contributed by atoms with Gasteiger partial charge in [-0.2, -0.15) is 0 Å². The van der Waals surface area contributed by atoms with E-state index in [1.54, 1.807) is 0 Å². The van der Waals surface area contributed by atoms with Crippen LogP contribution in [0.1, 0.15) is 13.8 Å². The summed E-state index contributed by atoms with van der Waals surface area (Å²) in [4.78, 5) is 2.35. The van der Waals surface area contributed by atoms with E-state index in [9.17, 15) is 0 Å². The van der Waals surface area contributed by atoms with Crippen LogP contribution >= 0.6 is 11.6 Å². The highest BCUT2D eigenvalue weighted by molar-refractivity contribution is 6.18. The van der Waals surface area contributed by atoms with Crippen molar-refractivity contribution in [1.29, 1.82) is 0 Å². The van der Waals surface area contributed by atoms with Crippen molar-refractivity contribution in [3.63, 3.8) is 0 Å². The molecule has 78 valence electrons. The summed E-state index contributed by atoms with van der Waals surface area (Å²) in [6.45, 7) is 6.42. The van der Waals surface area contributed by atoms with Crippen LogP contribution in [0.2, 0.25) is 0 Å². The summed E-state index contributed by atoms with van der Waals surface area (Å²) in [5.41, 5.74) is 1.28. The fraction of sp³-hybridized carbons (Fsp3) is 0.500. The Hall–Kier alpha value is -0.690. The number of hydrogen-bond acceptors (Lipinski definition) is 1. The third kappa shape index (κ3) is 3.22. The highest BCUT2D eigenvalue weighted by Crippen LogP contribution is 2.14. The highest BCUT2D eigenvalue weighted by Gasteiger charge is 2.07. The molecule has 0 spiro atoms. The van der Waals surface area contributed by atoms with Crippen LogP contribution in [0.15, 0.2) is 30.3 Å². The van der Waals surface area contributed by atoms with E-state index in [4.69, 9.17) is 11.6 Å². The lowest BCUT2D eigenvalue weighted by Crippen LogP contribution is -2.28. The Labute approximate surface area is 91.7 Å². The summed E-state index contributed by atoms with van der Waals surface area (Å²) >= 11 is 5.81. The molecule has 1 aromatic rings. The van der Waals surface area contributed by atoms with E-state index < -0.39 is 0 Å². The number of nitrogens with zero attached hydrogens (tertiary/aromatic N) is 1. The number of rotatable bonds is 5. The zero-order valence-electron chi connectivity index (χ0n) is 8.91. The molecule has 0 aliphatic carbocycles. The van der Waals surface area contributed by atoms with E-state index >= 15 is 0 Å². The third-order valence-corrected chi connectivity index (χ3v) is 2.83. The SMILES string of the molecule is CCN(CC(C)CCl)c1ccccc1. The second-order valence-corrected chi connectivity index (χ2v) is 3.94. The second kappa shape index (κ2) is 5.92. The molecule has 0 fully saturated rings. The molecule has 0 radical (unpaired) electrons. The lowest BCUT2D eigenvalue weighted by Gasteiger charge is -2.25. The molecule has 1 rings (SSSR count). The summed E-state index contributed by atoms with van der Waals surface area (Å²) in [7, 11) is 0. The van der Waals surface area contributed by atoms with Crippen molar-refractivity contribution < 1.29 is 0 Å². The molecule has 0 aliphatic heterocycles. The quantitative estimate of drug-likeness (QED) is 0.675. The predicted octanol–water partition coefficient (Wildman–Crippen LogP) is 3.39. The Bertz CT molecular complexity index is 248. The van der Waals surface area contributed by atoms with Crippen LogP contribution in [-0.4, -0.2) is 19.0 Å². The van der Waals surface area contributed by atoms with Crippen LogP contribution in [-0.2, 0) is 0 Å². The largest absolute Gasteiger partial charge is 0.372 e. The first-order valence-corrected chi connectivity index (χ1v) is 5.67. The number of halogens is 1. The Kier molecular flexibility index (Phi) is 4.81. The molecule has 1 unspecified atom stereocenters. The Balaban J connectivity index is 2.63. The third-order valence-electron chi connectivity index (χ3n) is 2.30. The molecule has 0 heterocycles. The van der Waals surface area contributed by atoms with Gasteiger partial charge in [0.25, 0.3) is 0 Å². The molecular formula is C12H18ClN. The molecule has 1 aromatic carbocycles. The van der Waals surface area contributed by atoms with Crippen molar-refractivity contribution in [1.82, 2.24) is 0 Å². The first kappa shape index (κ1) is 11.4. The van der Waals surface area contributed by atoms with Crippen molar-refractivity contribution in [2.45, 2.75) is 13.8 Å².